The van der Waals surface area contributed by atoms with Crippen LogP contribution in [0, 0.1) is 6.92 Å². The Bertz CT molecular complexity index is 904. The molecular formula is C18H17Cl2N3O. The first-order chi connectivity index (χ1) is 11.5. The largest absolute Gasteiger partial charge is 0.340 e. The van der Waals surface area contributed by atoms with E-state index in [1.807, 2.05) is 41.8 Å². The number of rotatable bonds is 4. The summed E-state index contributed by atoms with van der Waals surface area (Å²) in [5.74, 6) is 0.833. The number of hydrogen-bond acceptors (Lipinski definition) is 2. The molecule has 0 saturated heterocycles. The number of likely N-dealkylation sites (N-methyl/N-ethyl adjacent to an activating group) is 1. The molecule has 1 amide bonds. The van der Waals surface area contributed by atoms with E-state index in [9.17, 15) is 4.79 Å². The zero-order valence-corrected chi connectivity index (χ0v) is 15.0. The van der Waals surface area contributed by atoms with Crippen LogP contribution in [0.15, 0.2) is 42.5 Å². The maximum absolute atomic E-state index is 12.6. The number of amides is 1. The maximum atomic E-state index is 12.6. The molecule has 0 aliphatic heterocycles. The summed E-state index contributed by atoms with van der Waals surface area (Å²) in [4.78, 5) is 18.7. The third-order valence-corrected chi connectivity index (χ3v) is 4.71. The van der Waals surface area contributed by atoms with Gasteiger partial charge in [-0.05, 0) is 36.8 Å². The van der Waals surface area contributed by atoms with Gasteiger partial charge in [-0.1, -0.05) is 41.4 Å². The van der Waals surface area contributed by atoms with Gasteiger partial charge in [-0.25, -0.2) is 4.98 Å². The van der Waals surface area contributed by atoms with E-state index < -0.39 is 0 Å². The summed E-state index contributed by atoms with van der Waals surface area (Å²) >= 11 is 12.0. The van der Waals surface area contributed by atoms with Gasteiger partial charge in [0, 0.05) is 13.6 Å². The van der Waals surface area contributed by atoms with Crippen molar-refractivity contribution in [3.63, 3.8) is 0 Å². The highest BCUT2D eigenvalue weighted by atomic mass is 35.5. The molecule has 0 saturated carbocycles. The molecule has 1 heterocycles. The molecule has 3 rings (SSSR count). The third-order valence-electron chi connectivity index (χ3n) is 3.97. The average Bonchev–Trinajstić information content (AvgIpc) is 2.87. The Morgan fingerprint density at radius 2 is 1.92 bits per heavy atom. The highest BCUT2D eigenvalue weighted by Gasteiger charge is 2.14. The van der Waals surface area contributed by atoms with E-state index in [1.165, 1.54) is 0 Å². The van der Waals surface area contributed by atoms with Crippen LogP contribution in [0.5, 0.6) is 0 Å². The molecular weight excluding hydrogens is 345 g/mol. The van der Waals surface area contributed by atoms with Gasteiger partial charge < -0.3 is 9.47 Å². The van der Waals surface area contributed by atoms with Crippen molar-refractivity contribution in [2.45, 2.75) is 20.0 Å². The van der Waals surface area contributed by atoms with Crippen molar-refractivity contribution in [1.82, 2.24) is 14.5 Å². The minimum atomic E-state index is 0.00678. The average molecular weight is 362 g/mol. The number of imidazole rings is 1. The molecule has 0 spiro atoms. The monoisotopic (exact) mass is 361 g/mol. The second-order valence-corrected chi connectivity index (χ2v) is 6.55. The smallest absolute Gasteiger partial charge is 0.242 e. The van der Waals surface area contributed by atoms with Crippen molar-refractivity contribution >= 4 is 40.1 Å². The number of halogens is 2. The Hall–Kier alpha value is -2.04. The van der Waals surface area contributed by atoms with E-state index in [0.717, 1.165) is 22.4 Å². The number of para-hydroxylation sites is 2. The lowest BCUT2D eigenvalue weighted by Gasteiger charge is -2.18. The quantitative estimate of drug-likeness (QED) is 0.694. The highest BCUT2D eigenvalue weighted by molar-refractivity contribution is 6.42. The van der Waals surface area contributed by atoms with Crippen LogP contribution in [0.1, 0.15) is 11.4 Å². The summed E-state index contributed by atoms with van der Waals surface area (Å²) in [5, 5.41) is 1.00. The fourth-order valence-corrected chi connectivity index (χ4v) is 2.97. The summed E-state index contributed by atoms with van der Waals surface area (Å²) in [6, 6.07) is 13.2. The third kappa shape index (κ3) is 3.40. The number of fused-ring (bicyclic) bond motifs is 1. The van der Waals surface area contributed by atoms with Crippen molar-refractivity contribution in [1.29, 1.82) is 0 Å². The van der Waals surface area contributed by atoms with E-state index in [4.69, 9.17) is 23.2 Å². The van der Waals surface area contributed by atoms with E-state index >= 15 is 0 Å². The van der Waals surface area contributed by atoms with Crippen LogP contribution >= 0.6 is 23.2 Å². The summed E-state index contributed by atoms with van der Waals surface area (Å²) in [6.07, 6.45) is 0. The van der Waals surface area contributed by atoms with Crippen molar-refractivity contribution in [2.24, 2.45) is 0 Å². The number of aromatic nitrogens is 2. The van der Waals surface area contributed by atoms with Crippen LogP contribution in [0.4, 0.5) is 0 Å². The van der Waals surface area contributed by atoms with Crippen LogP contribution in [0.25, 0.3) is 11.0 Å². The summed E-state index contributed by atoms with van der Waals surface area (Å²) in [7, 11) is 1.78. The van der Waals surface area contributed by atoms with Crippen LogP contribution in [-0.4, -0.2) is 27.4 Å². The zero-order chi connectivity index (χ0) is 17.3. The van der Waals surface area contributed by atoms with Crippen molar-refractivity contribution in [3.8, 4) is 0 Å². The van der Waals surface area contributed by atoms with Crippen LogP contribution in [0.2, 0.25) is 10.0 Å². The molecule has 2 aromatic carbocycles. The topological polar surface area (TPSA) is 38.1 Å². The summed E-state index contributed by atoms with van der Waals surface area (Å²) in [5.41, 5.74) is 2.80. The molecule has 24 heavy (non-hydrogen) atoms. The molecule has 0 fully saturated rings. The Morgan fingerprint density at radius 3 is 2.67 bits per heavy atom. The first-order valence-corrected chi connectivity index (χ1v) is 8.31. The van der Waals surface area contributed by atoms with E-state index in [2.05, 4.69) is 4.98 Å². The Balaban J connectivity index is 1.76. The van der Waals surface area contributed by atoms with Gasteiger partial charge in [0.05, 0.1) is 21.1 Å². The molecule has 1 aromatic heterocycles. The second kappa shape index (κ2) is 6.83. The molecule has 0 aliphatic carbocycles. The fraction of sp³-hybridized carbons (Fsp3) is 0.222. The molecule has 124 valence electrons. The van der Waals surface area contributed by atoms with E-state index in [0.29, 0.717) is 16.6 Å². The number of carbonyl (C=O) groups is 1. The van der Waals surface area contributed by atoms with Crippen molar-refractivity contribution < 1.29 is 4.79 Å². The number of aryl methyl sites for hydroxylation is 1. The highest BCUT2D eigenvalue weighted by Crippen LogP contribution is 2.23. The first-order valence-electron chi connectivity index (χ1n) is 7.55. The number of carbonyl (C=O) groups excluding carboxylic acids is 1. The van der Waals surface area contributed by atoms with Gasteiger partial charge in [-0.2, -0.15) is 0 Å². The van der Waals surface area contributed by atoms with Crippen molar-refractivity contribution in [2.75, 3.05) is 7.05 Å². The van der Waals surface area contributed by atoms with Gasteiger partial charge in [-0.15, -0.1) is 0 Å². The van der Waals surface area contributed by atoms with Gasteiger partial charge in [0.15, 0.2) is 0 Å². The van der Waals surface area contributed by atoms with Gasteiger partial charge in [0.25, 0.3) is 0 Å². The standard InChI is InChI=1S/C18H17Cl2N3O/c1-12-21-16-5-3-4-6-17(16)23(12)11-18(24)22(2)10-13-7-8-14(19)15(20)9-13/h3-9H,10-11H2,1-2H3. The van der Waals surface area contributed by atoms with E-state index in [-0.39, 0.29) is 12.5 Å². The zero-order valence-electron chi connectivity index (χ0n) is 13.5. The lowest BCUT2D eigenvalue weighted by atomic mass is 10.2. The molecule has 4 nitrogen and oxygen atoms in total. The maximum Gasteiger partial charge on any atom is 0.242 e. The Kier molecular flexibility index (Phi) is 4.78. The molecule has 0 unspecified atom stereocenters. The minimum Gasteiger partial charge on any atom is -0.340 e. The van der Waals surface area contributed by atoms with Gasteiger partial charge in [-0.3, -0.25) is 4.79 Å². The number of nitrogens with zero attached hydrogens (tertiary/aromatic N) is 3. The lowest BCUT2D eigenvalue weighted by Crippen LogP contribution is -2.30. The van der Waals surface area contributed by atoms with Crippen LogP contribution < -0.4 is 0 Å². The Labute approximate surface area is 150 Å². The molecule has 0 atom stereocenters. The molecule has 0 aliphatic rings. The van der Waals surface area contributed by atoms with Crippen LogP contribution in [0.3, 0.4) is 0 Å². The summed E-state index contributed by atoms with van der Waals surface area (Å²) < 4.78 is 1.93. The SMILES string of the molecule is Cc1nc2ccccc2n1CC(=O)N(C)Cc1ccc(Cl)c(Cl)c1. The molecule has 0 N–H and O–H groups in total. The fourth-order valence-electron chi connectivity index (χ4n) is 2.65. The molecule has 0 radical (unpaired) electrons. The number of benzene rings is 2. The van der Waals surface area contributed by atoms with Gasteiger partial charge >= 0.3 is 0 Å². The van der Waals surface area contributed by atoms with Gasteiger partial charge in [0.1, 0.15) is 12.4 Å². The van der Waals surface area contributed by atoms with E-state index in [1.54, 1.807) is 24.1 Å². The predicted octanol–water partition coefficient (Wildman–Crippen LogP) is 4.31. The Morgan fingerprint density at radius 1 is 1.17 bits per heavy atom. The molecule has 3 aromatic rings. The minimum absolute atomic E-state index is 0.00678. The molecule has 0 bridgehead atoms. The van der Waals surface area contributed by atoms with Crippen molar-refractivity contribution in [3.05, 3.63) is 63.9 Å². The van der Waals surface area contributed by atoms with Crippen LogP contribution in [-0.2, 0) is 17.9 Å². The number of hydrogen-bond donors (Lipinski definition) is 0. The normalized spacial score (nSPS) is 11.0. The summed E-state index contributed by atoms with van der Waals surface area (Å²) in [6.45, 7) is 2.64. The predicted molar refractivity (Wildman–Crippen MR) is 97.4 cm³/mol. The molecule has 6 heteroatoms. The second-order valence-electron chi connectivity index (χ2n) is 5.73. The lowest BCUT2D eigenvalue weighted by molar-refractivity contribution is -0.131. The van der Waals surface area contributed by atoms with Gasteiger partial charge in [0.2, 0.25) is 5.91 Å². The first kappa shape index (κ1) is 16.8.